The zero-order valence-corrected chi connectivity index (χ0v) is 16.2. The molecule has 0 amide bonds. The van der Waals surface area contributed by atoms with Crippen molar-refractivity contribution in [2.75, 3.05) is 0 Å². The largest absolute Gasteiger partial charge is 0.488 e. The number of halogens is 1. The van der Waals surface area contributed by atoms with E-state index in [1.165, 1.54) is 10.8 Å². The standard InChI is InChI=1S/C24H21ClN2O/c25-23-11-4-2-8-19(23)17-28-24-13-12-18-7-1-3-10-21(18)22(24)16-26-15-20-9-5-6-14-27-20/h1-14,26H,15-17H2. The van der Waals surface area contributed by atoms with Gasteiger partial charge in [-0.3, -0.25) is 4.98 Å². The summed E-state index contributed by atoms with van der Waals surface area (Å²) in [5, 5.41) is 6.60. The van der Waals surface area contributed by atoms with E-state index in [2.05, 4.69) is 40.6 Å². The topological polar surface area (TPSA) is 34.1 Å². The third-order valence-electron chi connectivity index (χ3n) is 4.67. The summed E-state index contributed by atoms with van der Waals surface area (Å²) in [6.45, 7) is 1.83. The average molecular weight is 389 g/mol. The van der Waals surface area contributed by atoms with Crippen molar-refractivity contribution >= 4 is 22.4 Å². The first kappa shape index (κ1) is 18.5. The molecule has 1 aromatic heterocycles. The first-order valence-corrected chi connectivity index (χ1v) is 9.66. The molecule has 140 valence electrons. The Bertz CT molecular complexity index is 1070. The molecule has 4 aromatic rings. The maximum atomic E-state index is 6.28. The lowest BCUT2D eigenvalue weighted by atomic mass is 10.0. The lowest BCUT2D eigenvalue weighted by Gasteiger charge is -2.15. The number of benzene rings is 3. The monoisotopic (exact) mass is 388 g/mol. The fourth-order valence-corrected chi connectivity index (χ4v) is 3.41. The second-order valence-electron chi connectivity index (χ2n) is 6.57. The molecule has 4 heteroatoms. The van der Waals surface area contributed by atoms with Crippen molar-refractivity contribution in [1.29, 1.82) is 0 Å². The fraction of sp³-hybridized carbons (Fsp3) is 0.125. The number of nitrogens with zero attached hydrogens (tertiary/aromatic N) is 1. The number of pyridine rings is 1. The van der Waals surface area contributed by atoms with Crippen molar-refractivity contribution in [2.45, 2.75) is 19.7 Å². The van der Waals surface area contributed by atoms with Crippen LogP contribution in [0.15, 0.2) is 85.1 Å². The minimum Gasteiger partial charge on any atom is -0.488 e. The van der Waals surface area contributed by atoms with Crippen LogP contribution < -0.4 is 10.1 Å². The van der Waals surface area contributed by atoms with Gasteiger partial charge in [-0.25, -0.2) is 0 Å². The Hall–Kier alpha value is -2.88. The highest BCUT2D eigenvalue weighted by Crippen LogP contribution is 2.29. The van der Waals surface area contributed by atoms with Crippen LogP contribution in [-0.2, 0) is 19.7 Å². The number of fused-ring (bicyclic) bond motifs is 1. The fourth-order valence-electron chi connectivity index (χ4n) is 3.22. The predicted octanol–water partition coefficient (Wildman–Crippen LogP) is 5.76. The highest BCUT2D eigenvalue weighted by Gasteiger charge is 2.10. The summed E-state index contributed by atoms with van der Waals surface area (Å²) in [5.41, 5.74) is 3.13. The first-order valence-electron chi connectivity index (χ1n) is 9.29. The second-order valence-corrected chi connectivity index (χ2v) is 6.98. The molecule has 0 bridgehead atoms. The Morgan fingerprint density at radius 2 is 1.64 bits per heavy atom. The Kier molecular flexibility index (Phi) is 5.86. The van der Waals surface area contributed by atoms with Gasteiger partial charge in [0.1, 0.15) is 12.4 Å². The van der Waals surface area contributed by atoms with Crippen LogP contribution in [0.3, 0.4) is 0 Å². The van der Waals surface area contributed by atoms with E-state index in [9.17, 15) is 0 Å². The molecule has 0 saturated heterocycles. The Labute approximate surface area is 170 Å². The van der Waals surface area contributed by atoms with Crippen molar-refractivity contribution in [2.24, 2.45) is 0 Å². The molecule has 0 fully saturated rings. The number of hydrogen-bond acceptors (Lipinski definition) is 3. The van der Waals surface area contributed by atoms with Crippen molar-refractivity contribution in [3.8, 4) is 5.75 Å². The van der Waals surface area contributed by atoms with E-state index in [1.807, 2.05) is 54.7 Å². The van der Waals surface area contributed by atoms with Crippen LogP contribution >= 0.6 is 11.6 Å². The molecule has 0 unspecified atom stereocenters. The molecule has 0 spiro atoms. The lowest BCUT2D eigenvalue weighted by Crippen LogP contribution is -2.15. The second kappa shape index (κ2) is 8.87. The highest BCUT2D eigenvalue weighted by atomic mass is 35.5. The van der Waals surface area contributed by atoms with Crippen LogP contribution in [0.4, 0.5) is 0 Å². The van der Waals surface area contributed by atoms with Crippen molar-refractivity contribution < 1.29 is 4.74 Å². The van der Waals surface area contributed by atoms with E-state index >= 15 is 0 Å². The van der Waals surface area contributed by atoms with Gasteiger partial charge in [-0.15, -0.1) is 0 Å². The normalized spacial score (nSPS) is 10.9. The van der Waals surface area contributed by atoms with Gasteiger partial charge >= 0.3 is 0 Å². The van der Waals surface area contributed by atoms with Gasteiger partial charge in [0.2, 0.25) is 0 Å². The lowest BCUT2D eigenvalue weighted by molar-refractivity contribution is 0.303. The maximum absolute atomic E-state index is 6.28. The smallest absolute Gasteiger partial charge is 0.124 e. The summed E-state index contributed by atoms with van der Waals surface area (Å²) in [5.74, 6) is 0.868. The molecule has 0 radical (unpaired) electrons. The van der Waals surface area contributed by atoms with Gasteiger partial charge in [0.15, 0.2) is 0 Å². The quantitative estimate of drug-likeness (QED) is 0.437. The first-order chi connectivity index (χ1) is 13.8. The van der Waals surface area contributed by atoms with Crippen LogP contribution in [-0.4, -0.2) is 4.98 Å². The summed E-state index contributed by atoms with van der Waals surface area (Å²) < 4.78 is 6.17. The van der Waals surface area contributed by atoms with Crippen LogP contribution in [0.1, 0.15) is 16.8 Å². The molecule has 1 heterocycles. The summed E-state index contributed by atoms with van der Waals surface area (Å²) in [6.07, 6.45) is 1.81. The van der Waals surface area contributed by atoms with Gasteiger partial charge in [-0.1, -0.05) is 66.2 Å². The zero-order valence-electron chi connectivity index (χ0n) is 15.4. The summed E-state index contributed by atoms with van der Waals surface area (Å²) in [6, 6.07) is 26.2. The van der Waals surface area contributed by atoms with E-state index in [0.29, 0.717) is 19.7 Å². The molecule has 1 N–H and O–H groups in total. The third kappa shape index (κ3) is 4.33. The molecular formula is C24H21ClN2O. The van der Waals surface area contributed by atoms with Gasteiger partial charge in [0.05, 0.1) is 5.69 Å². The molecule has 0 atom stereocenters. The van der Waals surface area contributed by atoms with Crippen LogP contribution in [0.5, 0.6) is 5.75 Å². The molecule has 3 aromatic carbocycles. The predicted molar refractivity (Wildman–Crippen MR) is 115 cm³/mol. The minimum atomic E-state index is 0.436. The Balaban J connectivity index is 1.56. The van der Waals surface area contributed by atoms with E-state index in [1.54, 1.807) is 0 Å². The minimum absolute atomic E-state index is 0.436. The molecule has 3 nitrogen and oxygen atoms in total. The molecule has 0 aliphatic heterocycles. The average Bonchev–Trinajstić information content (AvgIpc) is 2.74. The van der Waals surface area contributed by atoms with Gasteiger partial charge in [0.25, 0.3) is 0 Å². The molecule has 4 rings (SSSR count). The Morgan fingerprint density at radius 1 is 0.821 bits per heavy atom. The number of rotatable bonds is 7. The van der Waals surface area contributed by atoms with E-state index in [0.717, 1.165) is 27.6 Å². The third-order valence-corrected chi connectivity index (χ3v) is 5.04. The SMILES string of the molecule is Clc1ccccc1COc1ccc2ccccc2c1CNCc1ccccn1. The molecule has 0 saturated carbocycles. The van der Waals surface area contributed by atoms with Crippen molar-refractivity contribution in [1.82, 2.24) is 10.3 Å². The molecular weight excluding hydrogens is 368 g/mol. The number of ether oxygens (including phenoxy) is 1. The van der Waals surface area contributed by atoms with Gasteiger partial charge < -0.3 is 10.1 Å². The van der Waals surface area contributed by atoms with Crippen LogP contribution in [0.2, 0.25) is 5.02 Å². The number of aromatic nitrogens is 1. The molecule has 0 aliphatic carbocycles. The summed E-state index contributed by atoms with van der Waals surface area (Å²) in [4.78, 5) is 4.37. The number of hydrogen-bond donors (Lipinski definition) is 1. The van der Waals surface area contributed by atoms with Crippen LogP contribution in [0, 0.1) is 0 Å². The Morgan fingerprint density at radius 3 is 2.50 bits per heavy atom. The molecule has 0 aliphatic rings. The van der Waals surface area contributed by atoms with Gasteiger partial charge in [-0.05, 0) is 35.0 Å². The highest BCUT2D eigenvalue weighted by molar-refractivity contribution is 6.31. The maximum Gasteiger partial charge on any atom is 0.124 e. The summed E-state index contributed by atoms with van der Waals surface area (Å²) >= 11 is 6.28. The van der Waals surface area contributed by atoms with Crippen molar-refractivity contribution in [3.63, 3.8) is 0 Å². The van der Waals surface area contributed by atoms with E-state index in [4.69, 9.17) is 16.3 Å². The van der Waals surface area contributed by atoms with Gasteiger partial charge in [0, 0.05) is 35.4 Å². The van der Waals surface area contributed by atoms with E-state index in [-0.39, 0.29) is 0 Å². The van der Waals surface area contributed by atoms with Crippen molar-refractivity contribution in [3.05, 3.63) is 107 Å². The summed E-state index contributed by atoms with van der Waals surface area (Å²) in [7, 11) is 0. The van der Waals surface area contributed by atoms with E-state index < -0.39 is 0 Å². The van der Waals surface area contributed by atoms with Crippen LogP contribution in [0.25, 0.3) is 10.8 Å². The van der Waals surface area contributed by atoms with Gasteiger partial charge in [-0.2, -0.15) is 0 Å². The zero-order chi connectivity index (χ0) is 19.2. The number of nitrogens with one attached hydrogen (secondary N) is 1. The molecule has 28 heavy (non-hydrogen) atoms.